The second-order valence-corrected chi connectivity index (χ2v) is 3.91. The Labute approximate surface area is 82.6 Å². The molecular weight excluding hydrogens is 186 g/mol. The highest BCUT2D eigenvalue weighted by molar-refractivity contribution is 5.79. The van der Waals surface area contributed by atoms with Crippen molar-refractivity contribution in [3.05, 3.63) is 0 Å². The highest BCUT2D eigenvalue weighted by Gasteiger charge is 2.18. The summed E-state index contributed by atoms with van der Waals surface area (Å²) in [5.41, 5.74) is 10.2. The summed E-state index contributed by atoms with van der Waals surface area (Å²) in [5.74, 6) is -1.44. The maximum absolute atomic E-state index is 11.1. The van der Waals surface area contributed by atoms with Crippen molar-refractivity contribution in [2.45, 2.75) is 31.8 Å². The molecule has 0 fully saturated rings. The van der Waals surface area contributed by atoms with E-state index < -0.39 is 17.6 Å². The molecule has 6 N–H and O–H groups in total. The number of carbonyl (C=O) groups is 2. The van der Waals surface area contributed by atoms with Crippen molar-refractivity contribution < 1.29 is 14.7 Å². The predicted molar refractivity (Wildman–Crippen MR) is 51.5 cm³/mol. The van der Waals surface area contributed by atoms with E-state index in [0.717, 1.165) is 0 Å². The molecule has 0 aliphatic heterocycles. The summed E-state index contributed by atoms with van der Waals surface area (Å²) in [5, 5.41) is 10.8. The molecule has 1 unspecified atom stereocenters. The van der Waals surface area contributed by atoms with E-state index in [4.69, 9.17) is 16.6 Å². The molecular formula is C8H17N3O3. The molecule has 82 valence electrons. The van der Waals surface area contributed by atoms with Gasteiger partial charge < -0.3 is 21.9 Å². The van der Waals surface area contributed by atoms with Crippen LogP contribution in [-0.2, 0) is 9.59 Å². The molecule has 0 aliphatic rings. The Bertz CT molecular complexity index is 222. The summed E-state index contributed by atoms with van der Waals surface area (Å²) >= 11 is 0. The van der Waals surface area contributed by atoms with Crippen molar-refractivity contribution in [2.24, 2.45) is 11.5 Å². The first kappa shape index (κ1) is 12.9. The molecule has 14 heavy (non-hydrogen) atoms. The van der Waals surface area contributed by atoms with Crippen LogP contribution in [0, 0.1) is 0 Å². The summed E-state index contributed by atoms with van der Waals surface area (Å²) in [4.78, 5) is 21.4. The molecule has 0 aromatic carbocycles. The van der Waals surface area contributed by atoms with E-state index in [-0.39, 0.29) is 18.9 Å². The van der Waals surface area contributed by atoms with Crippen LogP contribution < -0.4 is 16.8 Å². The lowest BCUT2D eigenvalue weighted by molar-refractivity contribution is -0.138. The first-order chi connectivity index (χ1) is 6.22. The summed E-state index contributed by atoms with van der Waals surface area (Å²) in [6.07, 6.45) is 0.138. The lowest BCUT2D eigenvalue weighted by Gasteiger charge is -2.18. The van der Waals surface area contributed by atoms with Gasteiger partial charge in [-0.2, -0.15) is 0 Å². The van der Waals surface area contributed by atoms with Crippen LogP contribution in [0.4, 0.5) is 0 Å². The number of hydrogen-bond donors (Lipinski definition) is 4. The molecule has 0 bridgehead atoms. The summed E-state index contributed by atoms with van der Waals surface area (Å²) in [7, 11) is 0. The molecule has 0 spiro atoms. The second-order valence-electron chi connectivity index (χ2n) is 3.91. The Morgan fingerprint density at radius 1 is 1.50 bits per heavy atom. The van der Waals surface area contributed by atoms with Crippen LogP contribution in [0.25, 0.3) is 0 Å². The van der Waals surface area contributed by atoms with E-state index in [2.05, 4.69) is 5.32 Å². The van der Waals surface area contributed by atoms with E-state index in [1.54, 1.807) is 13.8 Å². The fourth-order valence-corrected chi connectivity index (χ4v) is 0.787. The molecule has 0 radical (unpaired) electrons. The summed E-state index contributed by atoms with van der Waals surface area (Å²) in [6, 6.07) is -1.07. The number of carbonyl (C=O) groups excluding carboxylic acids is 1. The van der Waals surface area contributed by atoms with Crippen LogP contribution in [0.5, 0.6) is 0 Å². The third kappa shape index (κ3) is 6.38. The molecule has 1 atom stereocenters. The number of nitrogens with two attached hydrogens (primary N) is 2. The van der Waals surface area contributed by atoms with Gasteiger partial charge in [0.2, 0.25) is 5.91 Å². The van der Waals surface area contributed by atoms with Crippen molar-refractivity contribution in [2.75, 3.05) is 6.54 Å². The topological polar surface area (TPSA) is 118 Å². The fourth-order valence-electron chi connectivity index (χ4n) is 0.787. The molecule has 0 saturated heterocycles. The lowest BCUT2D eigenvalue weighted by atomic mass is 10.0. The monoisotopic (exact) mass is 203 g/mol. The van der Waals surface area contributed by atoms with Gasteiger partial charge in [-0.1, -0.05) is 0 Å². The molecule has 0 heterocycles. The van der Waals surface area contributed by atoms with Crippen LogP contribution in [0.15, 0.2) is 0 Å². The van der Waals surface area contributed by atoms with Gasteiger partial charge in [-0.25, -0.2) is 0 Å². The zero-order valence-corrected chi connectivity index (χ0v) is 8.41. The summed E-state index contributed by atoms with van der Waals surface area (Å²) < 4.78 is 0. The fraction of sp³-hybridized carbons (Fsp3) is 0.750. The van der Waals surface area contributed by atoms with Gasteiger partial charge >= 0.3 is 5.97 Å². The van der Waals surface area contributed by atoms with Crippen LogP contribution in [0.1, 0.15) is 20.3 Å². The molecule has 0 aromatic heterocycles. The van der Waals surface area contributed by atoms with E-state index >= 15 is 0 Å². The standard InChI is InChI=1S/C8H17N3O3/c1-8(2,10)3-6(12)11-4-5(9)7(13)14/h5H,3-4,9-10H2,1-2H3,(H,11,12)(H,13,14). The quantitative estimate of drug-likeness (QED) is 0.440. The maximum atomic E-state index is 11.1. The lowest BCUT2D eigenvalue weighted by Crippen LogP contribution is -2.45. The molecule has 6 nitrogen and oxygen atoms in total. The van der Waals surface area contributed by atoms with Crippen molar-refractivity contribution in [1.82, 2.24) is 5.32 Å². The average Bonchev–Trinajstić information content (AvgIpc) is 1.96. The third-order valence-electron chi connectivity index (χ3n) is 1.45. The van der Waals surface area contributed by atoms with E-state index in [1.165, 1.54) is 0 Å². The first-order valence-corrected chi connectivity index (χ1v) is 4.26. The number of carboxylic acid groups (broad SMARTS) is 1. The minimum Gasteiger partial charge on any atom is -0.480 e. The van der Waals surface area contributed by atoms with E-state index in [0.29, 0.717) is 0 Å². The largest absolute Gasteiger partial charge is 0.480 e. The van der Waals surface area contributed by atoms with Gasteiger partial charge in [-0.05, 0) is 13.8 Å². The van der Waals surface area contributed by atoms with Crippen LogP contribution in [0.2, 0.25) is 0 Å². The summed E-state index contributed by atoms with van der Waals surface area (Å²) in [6.45, 7) is 3.34. The number of aliphatic carboxylic acids is 1. The van der Waals surface area contributed by atoms with Crippen molar-refractivity contribution >= 4 is 11.9 Å². The van der Waals surface area contributed by atoms with Gasteiger partial charge in [-0.15, -0.1) is 0 Å². The predicted octanol–water partition coefficient (Wildman–Crippen LogP) is -1.36. The van der Waals surface area contributed by atoms with Crippen LogP contribution in [0.3, 0.4) is 0 Å². The van der Waals surface area contributed by atoms with Crippen molar-refractivity contribution in [3.8, 4) is 0 Å². The van der Waals surface area contributed by atoms with E-state index in [9.17, 15) is 9.59 Å². The zero-order valence-electron chi connectivity index (χ0n) is 8.41. The molecule has 0 aromatic rings. The Kier molecular flexibility index (Phi) is 4.52. The number of carboxylic acids is 1. The minimum absolute atomic E-state index is 0.0791. The third-order valence-corrected chi connectivity index (χ3v) is 1.45. The number of nitrogens with one attached hydrogen (secondary N) is 1. The van der Waals surface area contributed by atoms with E-state index in [1.807, 2.05) is 0 Å². The second kappa shape index (κ2) is 4.92. The maximum Gasteiger partial charge on any atom is 0.322 e. The molecule has 0 aliphatic carbocycles. The van der Waals surface area contributed by atoms with Crippen molar-refractivity contribution in [3.63, 3.8) is 0 Å². The zero-order chi connectivity index (χ0) is 11.4. The smallest absolute Gasteiger partial charge is 0.322 e. The van der Waals surface area contributed by atoms with Crippen LogP contribution in [-0.4, -0.2) is 35.1 Å². The van der Waals surface area contributed by atoms with Gasteiger partial charge in [0, 0.05) is 18.5 Å². The molecule has 0 rings (SSSR count). The van der Waals surface area contributed by atoms with Crippen molar-refractivity contribution in [1.29, 1.82) is 0 Å². The Hall–Kier alpha value is -1.14. The Morgan fingerprint density at radius 2 is 2.00 bits per heavy atom. The molecule has 6 heteroatoms. The first-order valence-electron chi connectivity index (χ1n) is 4.26. The normalized spacial score (nSPS) is 13.4. The van der Waals surface area contributed by atoms with Gasteiger partial charge in [-0.3, -0.25) is 9.59 Å². The van der Waals surface area contributed by atoms with Gasteiger partial charge in [0.05, 0.1) is 0 Å². The molecule has 1 amide bonds. The Morgan fingerprint density at radius 3 is 2.36 bits per heavy atom. The SMILES string of the molecule is CC(C)(N)CC(=O)NCC(N)C(=O)O. The minimum atomic E-state index is -1.14. The highest BCUT2D eigenvalue weighted by atomic mass is 16.4. The number of hydrogen-bond acceptors (Lipinski definition) is 4. The highest BCUT2D eigenvalue weighted by Crippen LogP contribution is 2.02. The van der Waals surface area contributed by atoms with Gasteiger partial charge in [0.25, 0.3) is 0 Å². The molecule has 0 saturated carbocycles. The number of amides is 1. The van der Waals surface area contributed by atoms with Gasteiger partial charge in [0.15, 0.2) is 0 Å². The Balaban J connectivity index is 3.81. The van der Waals surface area contributed by atoms with Crippen LogP contribution >= 0.6 is 0 Å². The average molecular weight is 203 g/mol. The number of rotatable bonds is 5. The van der Waals surface area contributed by atoms with Gasteiger partial charge in [0.1, 0.15) is 6.04 Å².